The lowest BCUT2D eigenvalue weighted by atomic mass is 10.0. The molecule has 2 heteroatoms. The quantitative estimate of drug-likeness (QED) is 0.457. The van der Waals surface area contributed by atoms with Gasteiger partial charge >= 0.3 is 0 Å². The third-order valence-electron chi connectivity index (χ3n) is 2.35. The molecule has 1 rings (SSSR count). The number of rotatable bonds is 2. The molecule has 1 aliphatic rings. The van der Waals surface area contributed by atoms with Crippen molar-refractivity contribution in [3.63, 3.8) is 0 Å². The van der Waals surface area contributed by atoms with Crippen LogP contribution in [0.4, 0.5) is 0 Å². The van der Waals surface area contributed by atoms with E-state index in [9.17, 15) is 0 Å². The summed E-state index contributed by atoms with van der Waals surface area (Å²) in [4.78, 5) is 0. The molecule has 0 bridgehead atoms. The van der Waals surface area contributed by atoms with E-state index >= 15 is 0 Å². The van der Waals surface area contributed by atoms with E-state index in [2.05, 4.69) is 5.48 Å². The molecule has 0 aromatic rings. The van der Waals surface area contributed by atoms with Gasteiger partial charge in [0.15, 0.2) is 0 Å². The van der Waals surface area contributed by atoms with E-state index in [4.69, 9.17) is 5.21 Å². The van der Waals surface area contributed by atoms with Gasteiger partial charge in [-0.3, -0.25) is 0 Å². The molecule has 2 nitrogen and oxygen atoms in total. The summed E-state index contributed by atoms with van der Waals surface area (Å²) in [5.74, 6) is 0.729. The van der Waals surface area contributed by atoms with Crippen LogP contribution in [0.15, 0.2) is 0 Å². The number of hydroxylamine groups is 1. The van der Waals surface area contributed by atoms with Crippen LogP contribution < -0.4 is 5.48 Å². The highest BCUT2D eigenvalue weighted by atomic mass is 16.5. The maximum absolute atomic E-state index is 8.46. The third-order valence-corrected chi connectivity index (χ3v) is 2.35. The van der Waals surface area contributed by atoms with Crippen molar-refractivity contribution < 1.29 is 5.21 Å². The molecule has 1 aliphatic carbocycles. The maximum atomic E-state index is 8.46. The summed E-state index contributed by atoms with van der Waals surface area (Å²) < 4.78 is 0. The lowest BCUT2D eigenvalue weighted by molar-refractivity contribution is 0.144. The van der Waals surface area contributed by atoms with E-state index in [1.807, 2.05) is 0 Å². The van der Waals surface area contributed by atoms with Crippen molar-refractivity contribution >= 4 is 0 Å². The molecule has 0 aromatic heterocycles. The van der Waals surface area contributed by atoms with Gasteiger partial charge in [0, 0.05) is 6.54 Å². The van der Waals surface area contributed by atoms with Gasteiger partial charge < -0.3 is 5.21 Å². The van der Waals surface area contributed by atoms with Crippen LogP contribution in [0.1, 0.15) is 38.5 Å². The standard InChI is InChI=1S/C8H17NO/c10-9-7-8-5-3-1-2-4-6-8/h8-10H,1-7H2. The molecule has 0 aromatic carbocycles. The zero-order valence-corrected chi connectivity index (χ0v) is 6.47. The Balaban J connectivity index is 2.15. The van der Waals surface area contributed by atoms with Crippen molar-refractivity contribution in [2.75, 3.05) is 6.54 Å². The first-order valence-corrected chi connectivity index (χ1v) is 4.30. The van der Waals surface area contributed by atoms with Crippen LogP contribution in [0.5, 0.6) is 0 Å². The summed E-state index contributed by atoms with van der Waals surface area (Å²) in [6.45, 7) is 0.792. The van der Waals surface area contributed by atoms with Crippen LogP contribution in [-0.2, 0) is 0 Å². The van der Waals surface area contributed by atoms with E-state index in [0.717, 1.165) is 12.5 Å². The Labute approximate surface area is 62.6 Å². The van der Waals surface area contributed by atoms with Gasteiger partial charge in [0.25, 0.3) is 0 Å². The average Bonchev–Trinajstić information content (AvgIpc) is 2.17. The van der Waals surface area contributed by atoms with Gasteiger partial charge in [-0.2, -0.15) is 0 Å². The summed E-state index contributed by atoms with van der Waals surface area (Å²) in [6.07, 6.45) is 8.09. The Morgan fingerprint density at radius 3 is 2.20 bits per heavy atom. The second-order valence-electron chi connectivity index (χ2n) is 3.22. The van der Waals surface area contributed by atoms with E-state index in [1.165, 1.54) is 38.5 Å². The van der Waals surface area contributed by atoms with E-state index < -0.39 is 0 Å². The van der Waals surface area contributed by atoms with Gasteiger partial charge in [-0.25, -0.2) is 5.48 Å². The predicted molar refractivity (Wildman–Crippen MR) is 41.0 cm³/mol. The molecule has 0 spiro atoms. The second-order valence-corrected chi connectivity index (χ2v) is 3.22. The second kappa shape index (κ2) is 4.69. The Hall–Kier alpha value is -0.0800. The van der Waals surface area contributed by atoms with Crippen LogP contribution in [0.2, 0.25) is 0 Å². The molecule has 1 saturated carbocycles. The van der Waals surface area contributed by atoms with Gasteiger partial charge in [0.2, 0.25) is 0 Å². The van der Waals surface area contributed by atoms with Gasteiger partial charge in [-0.1, -0.05) is 25.7 Å². The predicted octanol–water partition coefficient (Wildman–Crippen LogP) is 1.94. The summed E-state index contributed by atoms with van der Waals surface area (Å²) in [5, 5.41) is 8.46. The fraction of sp³-hybridized carbons (Fsp3) is 1.00. The van der Waals surface area contributed by atoms with Gasteiger partial charge in [-0.05, 0) is 18.8 Å². The van der Waals surface area contributed by atoms with Crippen LogP contribution >= 0.6 is 0 Å². The molecule has 1 fully saturated rings. The first-order chi connectivity index (χ1) is 4.93. The Kier molecular flexibility index (Phi) is 3.76. The molecular formula is C8H17NO. The van der Waals surface area contributed by atoms with Crippen LogP contribution in [-0.4, -0.2) is 11.8 Å². The maximum Gasteiger partial charge on any atom is 0.0235 e. The fourth-order valence-electron chi connectivity index (χ4n) is 1.70. The summed E-state index contributed by atoms with van der Waals surface area (Å²) >= 11 is 0. The van der Waals surface area contributed by atoms with Crippen LogP contribution in [0, 0.1) is 5.92 Å². The zero-order valence-electron chi connectivity index (χ0n) is 6.47. The zero-order chi connectivity index (χ0) is 7.23. The number of nitrogens with one attached hydrogen (secondary N) is 1. The topological polar surface area (TPSA) is 32.3 Å². The minimum atomic E-state index is 0.729. The lowest BCUT2D eigenvalue weighted by Gasteiger charge is -2.10. The molecule has 2 N–H and O–H groups in total. The fourth-order valence-corrected chi connectivity index (χ4v) is 1.70. The summed E-state index contributed by atoms with van der Waals surface area (Å²) in [5.41, 5.74) is 2.27. The molecule has 0 radical (unpaired) electrons. The lowest BCUT2D eigenvalue weighted by Crippen LogP contribution is -2.18. The smallest absolute Gasteiger partial charge is 0.0235 e. The Morgan fingerprint density at radius 2 is 1.70 bits per heavy atom. The minimum Gasteiger partial charge on any atom is -0.317 e. The van der Waals surface area contributed by atoms with E-state index in [1.54, 1.807) is 0 Å². The third kappa shape index (κ3) is 2.67. The molecule has 10 heavy (non-hydrogen) atoms. The van der Waals surface area contributed by atoms with Gasteiger partial charge in [0.1, 0.15) is 0 Å². The van der Waals surface area contributed by atoms with Gasteiger partial charge in [0.05, 0.1) is 0 Å². The molecule has 0 saturated heterocycles. The van der Waals surface area contributed by atoms with E-state index in [0.29, 0.717) is 0 Å². The van der Waals surface area contributed by atoms with Gasteiger partial charge in [-0.15, -0.1) is 0 Å². The van der Waals surface area contributed by atoms with Crippen molar-refractivity contribution in [2.45, 2.75) is 38.5 Å². The van der Waals surface area contributed by atoms with Crippen LogP contribution in [0.3, 0.4) is 0 Å². The first kappa shape index (κ1) is 8.02. The van der Waals surface area contributed by atoms with Crippen molar-refractivity contribution in [1.82, 2.24) is 5.48 Å². The minimum absolute atomic E-state index is 0.729. The molecule has 0 atom stereocenters. The molecule has 0 unspecified atom stereocenters. The summed E-state index contributed by atoms with van der Waals surface area (Å²) in [7, 11) is 0. The highest BCUT2D eigenvalue weighted by Gasteiger charge is 2.10. The summed E-state index contributed by atoms with van der Waals surface area (Å²) in [6, 6.07) is 0. The molecule has 60 valence electrons. The van der Waals surface area contributed by atoms with Crippen molar-refractivity contribution in [3.05, 3.63) is 0 Å². The SMILES string of the molecule is ONCC1CCCCCC1. The normalized spacial score (nSPS) is 22.5. The number of hydrogen-bond acceptors (Lipinski definition) is 2. The van der Waals surface area contributed by atoms with Crippen molar-refractivity contribution in [1.29, 1.82) is 0 Å². The Bertz CT molecular complexity index is 77.3. The molecule has 0 amide bonds. The largest absolute Gasteiger partial charge is 0.317 e. The van der Waals surface area contributed by atoms with E-state index in [-0.39, 0.29) is 0 Å². The monoisotopic (exact) mass is 143 g/mol. The first-order valence-electron chi connectivity index (χ1n) is 4.30. The van der Waals surface area contributed by atoms with Crippen molar-refractivity contribution in [3.8, 4) is 0 Å². The van der Waals surface area contributed by atoms with Crippen molar-refractivity contribution in [2.24, 2.45) is 5.92 Å². The highest BCUT2D eigenvalue weighted by molar-refractivity contribution is 4.64. The molecule has 0 heterocycles. The van der Waals surface area contributed by atoms with Crippen LogP contribution in [0.25, 0.3) is 0 Å². The molecular weight excluding hydrogens is 126 g/mol. The highest BCUT2D eigenvalue weighted by Crippen LogP contribution is 2.21. The number of hydrogen-bond donors (Lipinski definition) is 2. The Morgan fingerprint density at radius 1 is 1.10 bits per heavy atom. The molecule has 0 aliphatic heterocycles. The average molecular weight is 143 g/mol.